The molecule has 0 unspecified atom stereocenters. The van der Waals surface area contributed by atoms with E-state index in [1.165, 1.54) is 0 Å². The summed E-state index contributed by atoms with van der Waals surface area (Å²) in [5, 5.41) is 11.0. The van der Waals surface area contributed by atoms with Gasteiger partial charge in [-0.05, 0) is 18.2 Å². The third-order valence-corrected chi connectivity index (χ3v) is 1.97. The Hall–Kier alpha value is -1.86. The molecule has 0 aliphatic carbocycles. The lowest BCUT2D eigenvalue weighted by Gasteiger charge is -2.02. The Morgan fingerprint density at radius 1 is 1.47 bits per heavy atom. The first-order chi connectivity index (χ1) is 8.27. The molecule has 0 aliphatic heterocycles. The molecule has 2 N–H and O–H groups in total. The monoisotopic (exact) mass is 235 g/mol. The average molecular weight is 235 g/mol. The van der Waals surface area contributed by atoms with E-state index in [0.29, 0.717) is 17.5 Å². The van der Waals surface area contributed by atoms with Crippen molar-refractivity contribution < 1.29 is 14.3 Å². The van der Waals surface area contributed by atoms with Gasteiger partial charge in [0, 0.05) is 24.1 Å². The maximum Gasteiger partial charge on any atom is 0.251 e. The van der Waals surface area contributed by atoms with Crippen molar-refractivity contribution in [3.63, 3.8) is 0 Å². The van der Waals surface area contributed by atoms with Gasteiger partial charge in [-0.1, -0.05) is 17.9 Å². The highest BCUT2D eigenvalue weighted by atomic mass is 19.1. The lowest BCUT2D eigenvalue weighted by atomic mass is 10.1. The number of aliphatic hydroxyl groups excluding tert-OH is 1. The van der Waals surface area contributed by atoms with E-state index in [1.54, 1.807) is 24.3 Å². The summed E-state index contributed by atoms with van der Waals surface area (Å²) in [6.45, 7) is -0.551. The zero-order chi connectivity index (χ0) is 12.5. The number of hydrogen-bond acceptors (Lipinski definition) is 2. The van der Waals surface area contributed by atoms with Crippen LogP contribution in [0.2, 0.25) is 0 Å². The number of amides is 1. The number of carbonyl (C=O) groups is 1. The Bertz CT molecular complexity index is 435. The van der Waals surface area contributed by atoms with Crippen molar-refractivity contribution in [2.24, 2.45) is 0 Å². The van der Waals surface area contributed by atoms with Crippen LogP contribution < -0.4 is 5.32 Å². The molecule has 0 saturated heterocycles. The van der Waals surface area contributed by atoms with Crippen molar-refractivity contribution in [1.29, 1.82) is 0 Å². The molecule has 1 aromatic rings. The Kier molecular flexibility index (Phi) is 5.76. The first kappa shape index (κ1) is 13.2. The van der Waals surface area contributed by atoms with Crippen LogP contribution in [0.4, 0.5) is 4.39 Å². The molecule has 0 bridgehead atoms. The molecule has 1 aromatic carbocycles. The summed E-state index contributed by atoms with van der Waals surface area (Å²) < 4.78 is 11.9. The fraction of sp³-hybridized carbons (Fsp3) is 0.308. The smallest absolute Gasteiger partial charge is 0.251 e. The topological polar surface area (TPSA) is 49.3 Å². The molecule has 0 atom stereocenters. The van der Waals surface area contributed by atoms with Crippen LogP contribution in [0.1, 0.15) is 22.3 Å². The third-order valence-electron chi connectivity index (χ3n) is 1.97. The molecule has 0 spiro atoms. The number of benzene rings is 1. The minimum Gasteiger partial charge on any atom is -0.395 e. The van der Waals surface area contributed by atoms with Gasteiger partial charge in [-0.2, -0.15) is 0 Å². The highest BCUT2D eigenvalue weighted by molar-refractivity contribution is 5.94. The Morgan fingerprint density at radius 2 is 2.29 bits per heavy atom. The van der Waals surface area contributed by atoms with Crippen LogP contribution in [0.3, 0.4) is 0 Å². The minimum atomic E-state index is -0.582. The van der Waals surface area contributed by atoms with Gasteiger partial charge in [-0.25, -0.2) is 4.39 Å². The van der Waals surface area contributed by atoms with Gasteiger partial charge in [0.25, 0.3) is 5.91 Å². The van der Waals surface area contributed by atoms with Crippen LogP contribution in [0.5, 0.6) is 0 Å². The Labute approximate surface area is 99.7 Å². The number of carbonyl (C=O) groups excluding carboxylic acids is 1. The summed E-state index contributed by atoms with van der Waals surface area (Å²) in [5.74, 6) is 5.29. The maximum atomic E-state index is 11.9. The van der Waals surface area contributed by atoms with Gasteiger partial charge in [0.2, 0.25) is 0 Å². The van der Waals surface area contributed by atoms with E-state index < -0.39 is 6.67 Å². The van der Waals surface area contributed by atoms with Crippen LogP contribution in [0.15, 0.2) is 24.3 Å². The molecule has 0 aliphatic rings. The molecule has 0 heterocycles. The van der Waals surface area contributed by atoms with Gasteiger partial charge in [0.15, 0.2) is 0 Å². The largest absolute Gasteiger partial charge is 0.395 e. The average Bonchev–Trinajstić information content (AvgIpc) is 2.36. The van der Waals surface area contributed by atoms with Crippen LogP contribution in [-0.2, 0) is 0 Å². The van der Waals surface area contributed by atoms with Crippen LogP contribution in [0, 0.1) is 11.8 Å². The first-order valence-corrected chi connectivity index (χ1v) is 5.32. The predicted molar refractivity (Wildman–Crippen MR) is 63.3 cm³/mol. The normalized spacial score (nSPS) is 9.29. The Balaban J connectivity index is 2.72. The molecule has 3 nitrogen and oxygen atoms in total. The maximum absolute atomic E-state index is 11.9. The summed E-state index contributed by atoms with van der Waals surface area (Å²) in [7, 11) is 0. The molecular weight excluding hydrogens is 221 g/mol. The lowest BCUT2D eigenvalue weighted by molar-refractivity contribution is 0.0951. The summed E-state index contributed by atoms with van der Waals surface area (Å²) in [6, 6.07) is 6.77. The third kappa shape index (κ3) is 4.66. The fourth-order valence-electron chi connectivity index (χ4n) is 1.22. The van der Waals surface area contributed by atoms with E-state index in [4.69, 9.17) is 5.11 Å². The highest BCUT2D eigenvalue weighted by Crippen LogP contribution is 2.04. The van der Waals surface area contributed by atoms with Gasteiger partial charge in [0.05, 0.1) is 6.61 Å². The van der Waals surface area contributed by atoms with Crippen molar-refractivity contribution in [3.8, 4) is 11.8 Å². The van der Waals surface area contributed by atoms with Gasteiger partial charge >= 0.3 is 0 Å². The summed E-state index contributed by atoms with van der Waals surface area (Å²) in [5.41, 5.74) is 1.15. The van der Waals surface area contributed by atoms with E-state index in [-0.39, 0.29) is 19.1 Å². The molecule has 0 aromatic heterocycles. The summed E-state index contributed by atoms with van der Waals surface area (Å²) in [6.07, 6.45) is 0.401. The second-order valence-corrected chi connectivity index (χ2v) is 3.30. The van der Waals surface area contributed by atoms with E-state index in [2.05, 4.69) is 17.2 Å². The zero-order valence-electron chi connectivity index (χ0n) is 9.37. The Morgan fingerprint density at radius 3 is 3.00 bits per heavy atom. The lowest BCUT2D eigenvalue weighted by Crippen LogP contribution is -2.25. The predicted octanol–water partition coefficient (Wildman–Crippen LogP) is 1.12. The second-order valence-electron chi connectivity index (χ2n) is 3.30. The van der Waals surface area contributed by atoms with Gasteiger partial charge < -0.3 is 10.4 Å². The van der Waals surface area contributed by atoms with Crippen LogP contribution >= 0.6 is 0 Å². The minimum absolute atomic E-state index is 0.0131. The first-order valence-electron chi connectivity index (χ1n) is 5.32. The van der Waals surface area contributed by atoms with Crippen molar-refractivity contribution in [3.05, 3.63) is 35.4 Å². The number of rotatable bonds is 4. The number of nitrogens with one attached hydrogen (secondary N) is 1. The second kappa shape index (κ2) is 7.42. The van der Waals surface area contributed by atoms with Gasteiger partial charge in [-0.15, -0.1) is 0 Å². The van der Waals surface area contributed by atoms with Crippen LogP contribution in [-0.4, -0.2) is 30.8 Å². The van der Waals surface area contributed by atoms with Crippen LogP contribution in [0.25, 0.3) is 0 Å². The van der Waals surface area contributed by atoms with E-state index in [1.807, 2.05) is 0 Å². The van der Waals surface area contributed by atoms with Crippen molar-refractivity contribution in [2.75, 3.05) is 19.8 Å². The molecule has 0 saturated carbocycles. The van der Waals surface area contributed by atoms with E-state index in [0.717, 1.165) is 0 Å². The quantitative estimate of drug-likeness (QED) is 0.768. The van der Waals surface area contributed by atoms with E-state index in [9.17, 15) is 9.18 Å². The molecule has 1 amide bonds. The standard InChI is InChI=1S/C13H14FNO2/c14-7-8-15-13(17)12-6-3-5-11(10-12)4-1-2-9-16/h3,5-6,10,16H,2,7-9H2,(H,15,17). The molecule has 0 fully saturated rings. The fourth-order valence-corrected chi connectivity index (χ4v) is 1.22. The molecule has 0 radical (unpaired) electrons. The number of alkyl halides is 1. The summed E-state index contributed by atoms with van der Waals surface area (Å²) >= 11 is 0. The molecule has 4 heteroatoms. The number of hydrogen-bond donors (Lipinski definition) is 2. The van der Waals surface area contributed by atoms with Crippen molar-refractivity contribution in [2.45, 2.75) is 6.42 Å². The molecular formula is C13H14FNO2. The highest BCUT2D eigenvalue weighted by Gasteiger charge is 2.04. The van der Waals surface area contributed by atoms with Gasteiger partial charge in [-0.3, -0.25) is 4.79 Å². The molecule has 1 rings (SSSR count). The van der Waals surface area contributed by atoms with Gasteiger partial charge in [0.1, 0.15) is 6.67 Å². The van der Waals surface area contributed by atoms with Crippen molar-refractivity contribution in [1.82, 2.24) is 5.32 Å². The summed E-state index contributed by atoms with van der Waals surface area (Å²) in [4.78, 5) is 11.5. The van der Waals surface area contributed by atoms with E-state index >= 15 is 0 Å². The number of halogens is 1. The zero-order valence-corrected chi connectivity index (χ0v) is 9.37. The SMILES string of the molecule is O=C(NCCF)c1cccc(C#CCCO)c1. The van der Waals surface area contributed by atoms with Crippen molar-refractivity contribution >= 4 is 5.91 Å². The molecule has 17 heavy (non-hydrogen) atoms. The molecule has 90 valence electrons. The number of aliphatic hydroxyl groups is 1.